The fourth-order valence-corrected chi connectivity index (χ4v) is 3.52. The van der Waals surface area contributed by atoms with Crippen LogP contribution in [-0.4, -0.2) is 40.2 Å². The second-order valence-corrected chi connectivity index (χ2v) is 9.15. The number of aromatic nitrogens is 7. The van der Waals surface area contributed by atoms with Crippen LogP contribution in [0.1, 0.15) is 32.1 Å². The molecule has 0 saturated carbocycles. The Hall–Kier alpha value is -4.34. The van der Waals surface area contributed by atoms with Crippen LogP contribution in [0.15, 0.2) is 59.9 Å². The van der Waals surface area contributed by atoms with Crippen LogP contribution >= 0.6 is 0 Å². The Bertz CT molecular complexity index is 1470. The maximum Gasteiger partial charge on any atom is 0.230 e. The van der Waals surface area contributed by atoms with E-state index in [0.29, 0.717) is 11.6 Å². The largest absolute Gasteiger partial charge is 0.359 e. The van der Waals surface area contributed by atoms with E-state index in [0.717, 1.165) is 33.9 Å². The van der Waals surface area contributed by atoms with E-state index < -0.39 is 0 Å². The highest BCUT2D eigenvalue weighted by atomic mass is 16.5. The molecule has 10 heteroatoms. The number of pyridine rings is 1. The van der Waals surface area contributed by atoms with Crippen molar-refractivity contribution in [2.24, 2.45) is 7.05 Å². The Kier molecular flexibility index (Phi) is 5.20. The number of anilines is 1. The Morgan fingerprint density at radius 1 is 1.06 bits per heavy atom. The van der Waals surface area contributed by atoms with Gasteiger partial charge < -0.3 is 9.84 Å². The Morgan fingerprint density at radius 2 is 1.91 bits per heavy atom. The van der Waals surface area contributed by atoms with Gasteiger partial charge in [-0.05, 0) is 11.6 Å². The number of carbonyl (C=O) groups is 1. The number of nitrogens with one attached hydrogen (secondary N) is 1. The zero-order valence-electron chi connectivity index (χ0n) is 19.4. The third-order valence-corrected chi connectivity index (χ3v) is 5.37. The zero-order chi connectivity index (χ0) is 23.9. The van der Waals surface area contributed by atoms with E-state index in [-0.39, 0.29) is 17.7 Å². The van der Waals surface area contributed by atoms with Gasteiger partial charge in [-0.1, -0.05) is 32.0 Å². The van der Waals surface area contributed by atoms with Gasteiger partial charge in [0.2, 0.25) is 5.91 Å². The van der Waals surface area contributed by atoms with E-state index in [1.54, 1.807) is 35.7 Å². The van der Waals surface area contributed by atoms with Gasteiger partial charge in [-0.15, -0.1) is 0 Å². The number of nitrogens with zero attached hydrogens (tertiary/aromatic N) is 7. The van der Waals surface area contributed by atoms with Gasteiger partial charge in [0.1, 0.15) is 17.7 Å². The molecule has 5 aromatic heterocycles. The lowest BCUT2D eigenvalue weighted by Gasteiger charge is -2.12. The van der Waals surface area contributed by atoms with E-state index in [9.17, 15) is 4.79 Å². The quantitative estimate of drug-likeness (QED) is 0.429. The average Bonchev–Trinajstić information content (AvgIpc) is 3.53. The topological polar surface area (TPSA) is 116 Å². The molecule has 0 aliphatic rings. The van der Waals surface area contributed by atoms with Crippen LogP contribution in [0.3, 0.4) is 0 Å². The molecule has 0 aromatic carbocycles. The first-order chi connectivity index (χ1) is 16.3. The number of hydrogen-bond acceptors (Lipinski definition) is 7. The minimum Gasteiger partial charge on any atom is -0.359 e. The third kappa shape index (κ3) is 4.29. The highest BCUT2D eigenvalue weighted by Gasteiger charge is 2.20. The molecule has 0 aliphatic heterocycles. The lowest BCUT2D eigenvalue weighted by atomic mass is 9.93. The average molecular weight is 457 g/mol. The lowest BCUT2D eigenvalue weighted by Crippen LogP contribution is -2.15. The van der Waals surface area contributed by atoms with Crippen LogP contribution in [0.25, 0.3) is 28.3 Å². The maximum absolute atomic E-state index is 12.4. The summed E-state index contributed by atoms with van der Waals surface area (Å²) in [5.74, 6) is 0.928. The summed E-state index contributed by atoms with van der Waals surface area (Å²) in [6.07, 6.45) is 9.03. The summed E-state index contributed by atoms with van der Waals surface area (Å²) < 4.78 is 8.93. The fraction of sp³-hybridized carbons (Fsp3) is 0.250. The van der Waals surface area contributed by atoms with Crippen LogP contribution in [-0.2, 0) is 23.7 Å². The SMILES string of the molecule is Cn1cc(-c2cc3ncc(-c4ccc(CC(=O)Nc5cc(C(C)(C)C)on5)cn4)n3cn2)cn1. The molecule has 0 fully saturated rings. The van der Waals surface area contributed by atoms with Gasteiger partial charge in [0.15, 0.2) is 5.82 Å². The molecule has 0 atom stereocenters. The molecular formula is C24H24N8O2. The van der Waals surface area contributed by atoms with E-state index in [2.05, 4.69) is 30.5 Å². The van der Waals surface area contributed by atoms with Crippen molar-refractivity contribution in [3.05, 3.63) is 66.7 Å². The number of hydrogen-bond donors (Lipinski definition) is 1. The maximum atomic E-state index is 12.4. The van der Waals surface area contributed by atoms with Crippen LogP contribution in [0.5, 0.6) is 0 Å². The number of fused-ring (bicyclic) bond motifs is 1. The van der Waals surface area contributed by atoms with E-state index in [1.807, 2.05) is 56.6 Å². The highest BCUT2D eigenvalue weighted by molar-refractivity contribution is 5.91. The number of imidazole rings is 1. The summed E-state index contributed by atoms with van der Waals surface area (Å²) in [5.41, 5.74) is 4.64. The summed E-state index contributed by atoms with van der Waals surface area (Å²) in [5, 5.41) is 10.9. The van der Waals surface area contributed by atoms with Crippen molar-refractivity contribution in [2.75, 3.05) is 5.32 Å². The first-order valence-electron chi connectivity index (χ1n) is 10.8. The predicted octanol–water partition coefficient (Wildman–Crippen LogP) is 3.66. The number of aryl methyl sites for hydroxylation is 1. The zero-order valence-corrected chi connectivity index (χ0v) is 19.4. The smallest absolute Gasteiger partial charge is 0.230 e. The van der Waals surface area contributed by atoms with Crippen molar-refractivity contribution < 1.29 is 9.32 Å². The van der Waals surface area contributed by atoms with Crippen LogP contribution < -0.4 is 5.32 Å². The summed E-state index contributed by atoms with van der Waals surface area (Å²) >= 11 is 0. The minimum absolute atomic E-state index is 0.175. The summed E-state index contributed by atoms with van der Waals surface area (Å²) in [4.78, 5) is 26.0. The predicted molar refractivity (Wildman–Crippen MR) is 126 cm³/mol. The molecule has 34 heavy (non-hydrogen) atoms. The molecule has 10 nitrogen and oxygen atoms in total. The molecule has 5 aromatic rings. The van der Waals surface area contributed by atoms with Crippen molar-refractivity contribution in [1.82, 2.24) is 34.3 Å². The van der Waals surface area contributed by atoms with Crippen LogP contribution in [0.4, 0.5) is 5.82 Å². The Balaban J connectivity index is 1.29. The molecular weight excluding hydrogens is 432 g/mol. The van der Waals surface area contributed by atoms with Crippen molar-refractivity contribution in [2.45, 2.75) is 32.6 Å². The molecule has 0 saturated heterocycles. The van der Waals surface area contributed by atoms with Gasteiger partial charge in [-0.3, -0.25) is 18.9 Å². The van der Waals surface area contributed by atoms with Crippen molar-refractivity contribution in [3.63, 3.8) is 0 Å². The van der Waals surface area contributed by atoms with Gasteiger partial charge in [0, 0.05) is 42.6 Å². The van der Waals surface area contributed by atoms with Crippen molar-refractivity contribution in [1.29, 1.82) is 0 Å². The van der Waals surface area contributed by atoms with Gasteiger partial charge in [-0.25, -0.2) is 9.97 Å². The molecule has 172 valence electrons. The molecule has 0 bridgehead atoms. The van der Waals surface area contributed by atoms with E-state index in [4.69, 9.17) is 4.52 Å². The normalized spacial score (nSPS) is 11.8. The molecule has 0 unspecified atom stereocenters. The fourth-order valence-electron chi connectivity index (χ4n) is 3.52. The molecule has 5 rings (SSSR count). The van der Waals surface area contributed by atoms with Gasteiger partial charge in [0.25, 0.3) is 0 Å². The Morgan fingerprint density at radius 3 is 2.59 bits per heavy atom. The molecule has 1 N–H and O–H groups in total. The summed E-state index contributed by atoms with van der Waals surface area (Å²) in [7, 11) is 1.87. The lowest BCUT2D eigenvalue weighted by molar-refractivity contribution is -0.115. The number of carbonyl (C=O) groups excluding carboxylic acids is 1. The van der Waals surface area contributed by atoms with Crippen LogP contribution in [0, 0.1) is 0 Å². The van der Waals surface area contributed by atoms with Crippen molar-refractivity contribution >= 4 is 17.4 Å². The van der Waals surface area contributed by atoms with E-state index >= 15 is 0 Å². The number of rotatable bonds is 5. The van der Waals surface area contributed by atoms with Gasteiger partial charge in [0.05, 0.1) is 35.9 Å². The van der Waals surface area contributed by atoms with Crippen molar-refractivity contribution in [3.8, 4) is 22.6 Å². The Labute approximate surface area is 195 Å². The molecule has 0 spiro atoms. The number of amides is 1. The second kappa shape index (κ2) is 8.22. The van der Waals surface area contributed by atoms with E-state index in [1.165, 1.54) is 0 Å². The first-order valence-corrected chi connectivity index (χ1v) is 10.8. The van der Waals surface area contributed by atoms with Gasteiger partial charge >= 0.3 is 0 Å². The summed E-state index contributed by atoms with van der Waals surface area (Å²) in [6.45, 7) is 6.06. The highest BCUT2D eigenvalue weighted by Crippen LogP contribution is 2.25. The third-order valence-electron chi connectivity index (χ3n) is 5.37. The standard InChI is InChI=1S/C24H24N8O2/c1-24(2,3)20-9-21(30-34-20)29-23(33)7-15-5-6-17(25-10-15)19-12-26-22-8-18(27-14-32(19)22)16-11-28-31(4)13-16/h5-6,8-14H,7H2,1-4H3,(H,29,30,33). The monoisotopic (exact) mass is 456 g/mol. The molecule has 1 amide bonds. The summed E-state index contributed by atoms with van der Waals surface area (Å²) in [6, 6.07) is 7.41. The molecule has 0 aliphatic carbocycles. The van der Waals surface area contributed by atoms with Crippen LogP contribution in [0.2, 0.25) is 0 Å². The minimum atomic E-state index is -0.190. The molecule has 5 heterocycles. The van der Waals surface area contributed by atoms with Gasteiger partial charge in [-0.2, -0.15) is 5.10 Å². The second-order valence-electron chi connectivity index (χ2n) is 9.15. The molecule has 0 radical (unpaired) electrons. The first kappa shape index (κ1) is 21.5.